The van der Waals surface area contributed by atoms with Crippen molar-refractivity contribution in [2.24, 2.45) is 0 Å². The fourth-order valence-corrected chi connectivity index (χ4v) is 2.71. The van der Waals surface area contributed by atoms with Crippen molar-refractivity contribution in [1.82, 2.24) is 4.98 Å². The summed E-state index contributed by atoms with van der Waals surface area (Å²) in [7, 11) is 3.93. The molecule has 0 spiro atoms. The normalized spacial score (nSPS) is 10.2. The van der Waals surface area contributed by atoms with E-state index in [0.717, 1.165) is 17.1 Å². The highest BCUT2D eigenvalue weighted by molar-refractivity contribution is 6.04. The van der Waals surface area contributed by atoms with Crippen molar-refractivity contribution < 1.29 is 9.59 Å². The molecule has 0 radical (unpaired) electrons. The first-order valence-electron chi connectivity index (χ1n) is 9.10. The van der Waals surface area contributed by atoms with Crippen LogP contribution in [0.15, 0.2) is 66.9 Å². The predicted molar refractivity (Wildman–Crippen MR) is 117 cm³/mol. The molecule has 148 valence electrons. The number of anilines is 5. The molecule has 0 unspecified atom stereocenters. The summed E-state index contributed by atoms with van der Waals surface area (Å²) >= 11 is 0. The summed E-state index contributed by atoms with van der Waals surface area (Å²) in [5.74, 6) is 0.165. The van der Waals surface area contributed by atoms with E-state index in [9.17, 15) is 9.59 Å². The van der Waals surface area contributed by atoms with Crippen LogP contribution in [-0.4, -0.2) is 30.9 Å². The zero-order chi connectivity index (χ0) is 20.8. The van der Waals surface area contributed by atoms with Gasteiger partial charge in [-0.1, -0.05) is 6.07 Å². The van der Waals surface area contributed by atoms with Gasteiger partial charge in [-0.05, 0) is 54.6 Å². The van der Waals surface area contributed by atoms with Crippen LogP contribution in [0.2, 0.25) is 0 Å². The third kappa shape index (κ3) is 5.55. The first kappa shape index (κ1) is 19.9. The van der Waals surface area contributed by atoms with E-state index in [1.807, 2.05) is 55.4 Å². The Morgan fingerprint density at radius 3 is 2.28 bits per heavy atom. The molecular weight excluding hydrogens is 366 g/mol. The standard InChI is InChI=1S/C22H23N5O2/c1-15(28)24-18-5-4-6-19(14-18)25-21-13-16(11-12-23-21)22(29)26-17-7-9-20(10-8-17)27(2)3/h4-14H,1-3H3,(H,23,25)(H,24,28)(H,26,29). The maximum Gasteiger partial charge on any atom is 0.255 e. The van der Waals surface area contributed by atoms with Gasteiger partial charge in [-0.2, -0.15) is 0 Å². The van der Waals surface area contributed by atoms with Gasteiger partial charge in [-0.25, -0.2) is 4.98 Å². The molecule has 0 saturated carbocycles. The van der Waals surface area contributed by atoms with E-state index in [2.05, 4.69) is 20.9 Å². The molecule has 3 aromatic rings. The quantitative estimate of drug-likeness (QED) is 0.591. The second kappa shape index (κ2) is 8.88. The Kier molecular flexibility index (Phi) is 6.09. The van der Waals surface area contributed by atoms with E-state index in [1.54, 1.807) is 30.5 Å². The zero-order valence-corrected chi connectivity index (χ0v) is 16.6. The largest absolute Gasteiger partial charge is 0.378 e. The molecule has 7 nitrogen and oxygen atoms in total. The maximum absolute atomic E-state index is 12.6. The number of hydrogen-bond acceptors (Lipinski definition) is 5. The van der Waals surface area contributed by atoms with Crippen LogP contribution < -0.4 is 20.9 Å². The van der Waals surface area contributed by atoms with Crippen LogP contribution in [0.25, 0.3) is 0 Å². The van der Waals surface area contributed by atoms with E-state index >= 15 is 0 Å². The van der Waals surface area contributed by atoms with E-state index in [-0.39, 0.29) is 11.8 Å². The first-order chi connectivity index (χ1) is 13.9. The molecule has 0 fully saturated rings. The molecule has 1 aromatic heterocycles. The fraction of sp³-hybridized carbons (Fsp3) is 0.136. The Morgan fingerprint density at radius 1 is 0.862 bits per heavy atom. The van der Waals surface area contributed by atoms with Gasteiger partial charge in [0.2, 0.25) is 5.91 Å². The summed E-state index contributed by atoms with van der Waals surface area (Å²) in [5, 5.41) is 8.77. The number of carbonyl (C=O) groups excluding carboxylic acids is 2. The first-order valence-corrected chi connectivity index (χ1v) is 9.10. The van der Waals surface area contributed by atoms with Gasteiger partial charge in [0.25, 0.3) is 5.91 Å². The van der Waals surface area contributed by atoms with Crippen molar-refractivity contribution >= 4 is 40.4 Å². The van der Waals surface area contributed by atoms with Crippen molar-refractivity contribution in [3.05, 3.63) is 72.4 Å². The van der Waals surface area contributed by atoms with Crippen molar-refractivity contribution in [3.8, 4) is 0 Å². The molecule has 2 amide bonds. The van der Waals surface area contributed by atoms with Crippen LogP contribution in [-0.2, 0) is 4.79 Å². The molecule has 0 bridgehead atoms. The number of carbonyl (C=O) groups is 2. The molecule has 7 heteroatoms. The van der Waals surface area contributed by atoms with Crippen LogP contribution in [0.4, 0.5) is 28.6 Å². The summed E-state index contributed by atoms with van der Waals surface area (Å²) in [4.78, 5) is 30.1. The molecule has 2 aromatic carbocycles. The van der Waals surface area contributed by atoms with Gasteiger partial charge in [0, 0.05) is 55.5 Å². The topological polar surface area (TPSA) is 86.4 Å². The minimum Gasteiger partial charge on any atom is -0.378 e. The molecule has 3 rings (SSSR count). The third-order valence-electron chi connectivity index (χ3n) is 4.12. The lowest BCUT2D eigenvalue weighted by atomic mass is 10.2. The van der Waals surface area contributed by atoms with Crippen molar-refractivity contribution in [1.29, 1.82) is 0 Å². The average Bonchev–Trinajstić information content (AvgIpc) is 2.68. The zero-order valence-electron chi connectivity index (χ0n) is 16.6. The number of nitrogens with one attached hydrogen (secondary N) is 3. The van der Waals surface area contributed by atoms with E-state index in [1.165, 1.54) is 6.92 Å². The van der Waals surface area contributed by atoms with Crippen molar-refractivity contribution in [2.75, 3.05) is 34.9 Å². The van der Waals surface area contributed by atoms with Crippen molar-refractivity contribution in [2.45, 2.75) is 6.92 Å². The lowest BCUT2D eigenvalue weighted by Gasteiger charge is -2.13. The monoisotopic (exact) mass is 389 g/mol. The predicted octanol–water partition coefficient (Wildman–Crippen LogP) is 4.10. The Balaban J connectivity index is 1.70. The maximum atomic E-state index is 12.6. The Labute approximate surface area is 169 Å². The van der Waals surface area contributed by atoms with Crippen LogP contribution in [0, 0.1) is 0 Å². The van der Waals surface area contributed by atoms with Gasteiger partial charge in [-0.3, -0.25) is 9.59 Å². The number of aromatic nitrogens is 1. The third-order valence-corrected chi connectivity index (χ3v) is 4.12. The second-order valence-electron chi connectivity index (χ2n) is 6.71. The summed E-state index contributed by atoms with van der Waals surface area (Å²) < 4.78 is 0. The highest BCUT2D eigenvalue weighted by Gasteiger charge is 2.08. The second-order valence-corrected chi connectivity index (χ2v) is 6.71. The molecule has 0 aliphatic carbocycles. The smallest absolute Gasteiger partial charge is 0.255 e. The number of hydrogen-bond donors (Lipinski definition) is 3. The Bertz CT molecular complexity index is 1020. The summed E-state index contributed by atoms with van der Waals surface area (Å²) in [6.45, 7) is 1.46. The number of benzene rings is 2. The van der Waals surface area contributed by atoms with Gasteiger partial charge in [0.05, 0.1) is 0 Å². The SMILES string of the molecule is CC(=O)Nc1cccc(Nc2cc(C(=O)Nc3ccc(N(C)C)cc3)ccn2)c1. The van der Waals surface area contributed by atoms with Crippen LogP contribution in [0.1, 0.15) is 17.3 Å². The minimum atomic E-state index is -0.222. The van der Waals surface area contributed by atoms with Crippen LogP contribution in [0.5, 0.6) is 0 Å². The Morgan fingerprint density at radius 2 is 1.59 bits per heavy atom. The highest BCUT2D eigenvalue weighted by Crippen LogP contribution is 2.20. The number of amides is 2. The van der Waals surface area contributed by atoms with E-state index in [4.69, 9.17) is 0 Å². The van der Waals surface area contributed by atoms with Gasteiger partial charge in [0.1, 0.15) is 5.82 Å². The molecule has 3 N–H and O–H groups in total. The lowest BCUT2D eigenvalue weighted by Crippen LogP contribution is -2.13. The Hall–Kier alpha value is -3.87. The van der Waals surface area contributed by atoms with Crippen LogP contribution in [0.3, 0.4) is 0 Å². The average molecular weight is 389 g/mol. The number of nitrogens with zero attached hydrogens (tertiary/aromatic N) is 2. The molecule has 29 heavy (non-hydrogen) atoms. The van der Waals surface area contributed by atoms with Gasteiger partial charge < -0.3 is 20.9 Å². The minimum absolute atomic E-state index is 0.141. The lowest BCUT2D eigenvalue weighted by molar-refractivity contribution is -0.114. The molecular formula is C22H23N5O2. The number of rotatable bonds is 6. The highest BCUT2D eigenvalue weighted by atomic mass is 16.2. The molecule has 0 aliphatic heterocycles. The fourth-order valence-electron chi connectivity index (χ4n) is 2.71. The molecule has 0 saturated heterocycles. The number of pyridine rings is 1. The molecule has 0 aliphatic rings. The molecule has 0 atom stereocenters. The molecule has 1 heterocycles. The van der Waals surface area contributed by atoms with E-state index < -0.39 is 0 Å². The van der Waals surface area contributed by atoms with Crippen LogP contribution >= 0.6 is 0 Å². The van der Waals surface area contributed by atoms with Gasteiger partial charge >= 0.3 is 0 Å². The summed E-state index contributed by atoms with van der Waals surface area (Å²) in [5.41, 5.74) is 3.69. The van der Waals surface area contributed by atoms with Crippen molar-refractivity contribution in [3.63, 3.8) is 0 Å². The summed E-state index contributed by atoms with van der Waals surface area (Å²) in [6.07, 6.45) is 1.57. The van der Waals surface area contributed by atoms with E-state index in [0.29, 0.717) is 17.1 Å². The van der Waals surface area contributed by atoms with Gasteiger partial charge in [0.15, 0.2) is 0 Å². The summed E-state index contributed by atoms with van der Waals surface area (Å²) in [6, 6.07) is 18.2. The van der Waals surface area contributed by atoms with Gasteiger partial charge in [-0.15, -0.1) is 0 Å².